The Kier molecular flexibility index (Phi) is 9.13. The molecule has 36 heavy (non-hydrogen) atoms. The van der Waals surface area contributed by atoms with E-state index in [9.17, 15) is 14.4 Å². The average Bonchev–Trinajstić information content (AvgIpc) is 3.01. The van der Waals surface area contributed by atoms with E-state index >= 15 is 0 Å². The van der Waals surface area contributed by atoms with Gasteiger partial charge in [-0.05, 0) is 51.8 Å². The molecule has 1 atom stereocenters. The van der Waals surface area contributed by atoms with Gasteiger partial charge in [0.1, 0.15) is 0 Å². The second kappa shape index (κ2) is 11.7. The van der Waals surface area contributed by atoms with Crippen molar-refractivity contribution in [1.29, 1.82) is 0 Å². The van der Waals surface area contributed by atoms with Crippen LogP contribution in [0, 0.1) is 0 Å². The summed E-state index contributed by atoms with van der Waals surface area (Å²) in [4.78, 5) is 44.2. The van der Waals surface area contributed by atoms with Crippen molar-refractivity contribution in [2.45, 2.75) is 45.7 Å². The lowest BCUT2D eigenvalue weighted by Gasteiger charge is -2.37. The van der Waals surface area contributed by atoms with Crippen molar-refractivity contribution >= 4 is 41.2 Å². The van der Waals surface area contributed by atoms with E-state index in [4.69, 9.17) is 27.9 Å². The summed E-state index contributed by atoms with van der Waals surface area (Å²) in [7, 11) is 1.63. The molecular formula is C25H35Cl2N5O4. The number of nitrogens with zero attached hydrogens (tertiary/aromatic N) is 3. The third kappa shape index (κ3) is 6.83. The van der Waals surface area contributed by atoms with Gasteiger partial charge in [0.2, 0.25) is 0 Å². The maximum atomic E-state index is 13.2. The zero-order chi connectivity index (χ0) is 26.6. The van der Waals surface area contributed by atoms with Crippen molar-refractivity contribution in [2.24, 2.45) is 0 Å². The summed E-state index contributed by atoms with van der Waals surface area (Å²) in [6.45, 7) is 10.6. The van der Waals surface area contributed by atoms with Crippen LogP contribution in [0.1, 0.15) is 45.7 Å². The number of ether oxygens (including phenoxy) is 1. The Hall–Kier alpha value is -2.49. The zero-order valence-corrected chi connectivity index (χ0v) is 23.0. The Labute approximate surface area is 222 Å². The van der Waals surface area contributed by atoms with E-state index in [1.54, 1.807) is 37.1 Å². The van der Waals surface area contributed by atoms with Crippen molar-refractivity contribution in [3.8, 4) is 0 Å². The number of carbonyl (C=O) groups is 3. The molecule has 0 aliphatic carbocycles. The van der Waals surface area contributed by atoms with Crippen LogP contribution >= 0.6 is 23.2 Å². The van der Waals surface area contributed by atoms with E-state index in [1.807, 2.05) is 20.8 Å². The lowest BCUT2D eigenvalue weighted by molar-refractivity contribution is -0.139. The quantitative estimate of drug-likeness (QED) is 0.551. The van der Waals surface area contributed by atoms with Crippen molar-refractivity contribution < 1.29 is 19.1 Å². The summed E-state index contributed by atoms with van der Waals surface area (Å²) in [5.74, 6) is -0.517. The highest BCUT2D eigenvalue weighted by atomic mass is 35.5. The van der Waals surface area contributed by atoms with Gasteiger partial charge in [-0.1, -0.05) is 29.3 Å². The van der Waals surface area contributed by atoms with Gasteiger partial charge >= 0.3 is 18.0 Å². The molecule has 1 fully saturated rings. The molecule has 2 N–H and O–H groups in total. The number of urea groups is 2. The molecule has 3 rings (SSSR count). The number of carbonyl (C=O) groups excluding carboxylic acids is 3. The maximum Gasteiger partial charge on any atom is 0.338 e. The van der Waals surface area contributed by atoms with Crippen LogP contribution in [-0.4, -0.2) is 84.6 Å². The second-order valence-electron chi connectivity index (χ2n) is 9.99. The van der Waals surface area contributed by atoms with Crippen LogP contribution < -0.4 is 10.6 Å². The molecule has 198 valence electrons. The average molecular weight is 540 g/mol. The Morgan fingerprint density at radius 3 is 2.53 bits per heavy atom. The Balaban J connectivity index is 1.91. The number of halogens is 2. The molecule has 1 aromatic rings. The third-order valence-corrected chi connectivity index (χ3v) is 6.64. The zero-order valence-electron chi connectivity index (χ0n) is 21.5. The van der Waals surface area contributed by atoms with Crippen molar-refractivity contribution in [2.75, 3.05) is 46.4 Å². The Morgan fingerprint density at radius 2 is 1.89 bits per heavy atom. The third-order valence-electron chi connectivity index (χ3n) is 6.08. The molecule has 9 nitrogen and oxygen atoms in total. The fourth-order valence-electron chi connectivity index (χ4n) is 4.31. The number of benzene rings is 1. The van der Waals surface area contributed by atoms with Gasteiger partial charge in [0.05, 0.1) is 18.2 Å². The normalized spacial score (nSPS) is 19.6. The number of esters is 1. The monoisotopic (exact) mass is 539 g/mol. The first kappa shape index (κ1) is 28.1. The highest BCUT2D eigenvalue weighted by molar-refractivity contribution is 6.35. The molecule has 0 bridgehead atoms. The summed E-state index contributed by atoms with van der Waals surface area (Å²) in [5.41, 5.74) is 1.11. The van der Waals surface area contributed by atoms with Crippen LogP contribution in [0.15, 0.2) is 29.5 Å². The lowest BCUT2D eigenvalue weighted by Crippen LogP contribution is -2.50. The maximum absolute atomic E-state index is 13.2. The number of likely N-dealkylation sites (N-methyl/N-ethyl adjacent to an activating group) is 1. The predicted molar refractivity (Wildman–Crippen MR) is 140 cm³/mol. The van der Waals surface area contributed by atoms with Gasteiger partial charge in [-0.15, -0.1) is 0 Å². The first-order valence-corrected chi connectivity index (χ1v) is 12.9. The SMILES string of the molecule is CCOC(=O)C1=C(CN2CCCN(C(=O)NC(C)(C)C)CC2)N(C)C(=O)NC1c1ccc(Cl)cc1Cl. The molecule has 2 aliphatic rings. The van der Waals surface area contributed by atoms with Crippen molar-refractivity contribution in [3.63, 3.8) is 0 Å². The topological polar surface area (TPSA) is 94.2 Å². The molecular weight excluding hydrogens is 505 g/mol. The van der Waals surface area contributed by atoms with Gasteiger partial charge in [0.25, 0.3) is 0 Å². The summed E-state index contributed by atoms with van der Waals surface area (Å²) in [6.07, 6.45) is 0.766. The minimum absolute atomic E-state index is 0.0950. The van der Waals surface area contributed by atoms with Gasteiger partial charge in [-0.2, -0.15) is 0 Å². The molecule has 0 saturated carbocycles. The number of nitrogens with one attached hydrogen (secondary N) is 2. The number of rotatable bonds is 5. The highest BCUT2D eigenvalue weighted by Gasteiger charge is 2.38. The molecule has 11 heteroatoms. The van der Waals surface area contributed by atoms with E-state index in [0.29, 0.717) is 59.6 Å². The summed E-state index contributed by atoms with van der Waals surface area (Å²) >= 11 is 12.5. The predicted octanol–water partition coefficient (Wildman–Crippen LogP) is 4.02. The lowest BCUT2D eigenvalue weighted by atomic mass is 9.94. The first-order valence-electron chi connectivity index (χ1n) is 12.1. The highest BCUT2D eigenvalue weighted by Crippen LogP contribution is 2.36. The van der Waals surface area contributed by atoms with Crippen LogP contribution in [0.25, 0.3) is 0 Å². The van der Waals surface area contributed by atoms with Gasteiger partial charge in [-0.25, -0.2) is 14.4 Å². The molecule has 0 aromatic heterocycles. The number of hydrogen-bond acceptors (Lipinski definition) is 5. The Bertz CT molecular complexity index is 1040. The first-order chi connectivity index (χ1) is 16.9. The van der Waals surface area contributed by atoms with Crippen LogP contribution in [0.4, 0.5) is 9.59 Å². The minimum atomic E-state index is -0.784. The van der Waals surface area contributed by atoms with E-state index in [1.165, 1.54) is 4.90 Å². The minimum Gasteiger partial charge on any atom is -0.463 e. The summed E-state index contributed by atoms with van der Waals surface area (Å²) in [5, 5.41) is 6.68. The van der Waals surface area contributed by atoms with Gasteiger partial charge in [0, 0.05) is 61.1 Å². The van der Waals surface area contributed by atoms with Crippen LogP contribution in [0.3, 0.4) is 0 Å². The van der Waals surface area contributed by atoms with Crippen molar-refractivity contribution in [1.82, 2.24) is 25.3 Å². The van der Waals surface area contributed by atoms with E-state index in [-0.39, 0.29) is 24.2 Å². The smallest absolute Gasteiger partial charge is 0.338 e. The van der Waals surface area contributed by atoms with Crippen molar-refractivity contribution in [3.05, 3.63) is 45.1 Å². The van der Waals surface area contributed by atoms with Gasteiger partial charge in [0.15, 0.2) is 0 Å². The standard InChI is InChI=1S/C25H35Cl2N5O4/c1-6-36-22(33)20-19(15-31-10-7-11-32(13-12-31)24(35)29-25(2,3)4)30(5)23(34)28-21(20)17-9-8-16(26)14-18(17)27/h8-9,14,21H,6-7,10-13,15H2,1-5H3,(H,28,34)(H,29,35). The van der Waals surface area contributed by atoms with Crippen LogP contribution in [-0.2, 0) is 9.53 Å². The van der Waals surface area contributed by atoms with E-state index in [2.05, 4.69) is 15.5 Å². The van der Waals surface area contributed by atoms with E-state index < -0.39 is 12.0 Å². The second-order valence-corrected chi connectivity index (χ2v) is 10.8. The largest absolute Gasteiger partial charge is 0.463 e. The molecule has 1 aromatic carbocycles. The summed E-state index contributed by atoms with van der Waals surface area (Å²) in [6, 6.07) is 3.72. The molecule has 4 amide bonds. The molecule has 0 spiro atoms. The van der Waals surface area contributed by atoms with Crippen LogP contribution in [0.2, 0.25) is 10.0 Å². The van der Waals surface area contributed by atoms with Gasteiger partial charge in [-0.3, -0.25) is 9.80 Å². The molecule has 1 saturated heterocycles. The van der Waals surface area contributed by atoms with Crippen LogP contribution in [0.5, 0.6) is 0 Å². The Morgan fingerprint density at radius 1 is 1.17 bits per heavy atom. The molecule has 0 radical (unpaired) electrons. The number of hydrogen-bond donors (Lipinski definition) is 2. The van der Waals surface area contributed by atoms with Gasteiger partial charge < -0.3 is 20.3 Å². The number of amides is 4. The molecule has 2 heterocycles. The van der Waals surface area contributed by atoms with E-state index in [0.717, 1.165) is 6.42 Å². The molecule has 1 unspecified atom stereocenters. The molecule has 2 aliphatic heterocycles. The fraction of sp³-hybridized carbons (Fsp3) is 0.560. The summed E-state index contributed by atoms with van der Waals surface area (Å²) < 4.78 is 5.40. The fourth-order valence-corrected chi connectivity index (χ4v) is 4.83.